The normalized spacial score (nSPS) is 28.0. The highest BCUT2D eigenvalue weighted by atomic mass is 33.1. The first kappa shape index (κ1) is 12.6. The Morgan fingerprint density at radius 1 is 1.44 bits per heavy atom. The van der Waals surface area contributed by atoms with E-state index in [9.17, 15) is 4.79 Å². The van der Waals surface area contributed by atoms with Crippen molar-refractivity contribution >= 4 is 27.6 Å². The highest BCUT2D eigenvalue weighted by Gasteiger charge is 2.24. The topological polar surface area (TPSA) is 38.8 Å². The summed E-state index contributed by atoms with van der Waals surface area (Å²) in [5, 5.41) is 0.820. The smallest absolute Gasteiger partial charge is 0.305 e. The van der Waals surface area contributed by atoms with E-state index in [1.807, 2.05) is 21.6 Å². The van der Waals surface area contributed by atoms with Crippen LogP contribution >= 0.6 is 21.6 Å². The van der Waals surface area contributed by atoms with Crippen LogP contribution in [0.3, 0.4) is 0 Å². The number of ether oxygens (including phenoxy) is 2. The minimum Gasteiger partial charge on any atom is -0.463 e. The lowest BCUT2D eigenvalue weighted by Gasteiger charge is -2.06. The SMILES string of the molecule is O=C(CCCCC1CCSS1)OCC1CO1. The van der Waals surface area contributed by atoms with Crippen LogP contribution in [0.4, 0.5) is 0 Å². The average molecular weight is 262 g/mol. The van der Waals surface area contributed by atoms with Gasteiger partial charge in [0.25, 0.3) is 0 Å². The van der Waals surface area contributed by atoms with Gasteiger partial charge in [0, 0.05) is 17.4 Å². The zero-order chi connectivity index (χ0) is 11.2. The van der Waals surface area contributed by atoms with Gasteiger partial charge in [-0.25, -0.2) is 0 Å². The summed E-state index contributed by atoms with van der Waals surface area (Å²) in [5.74, 6) is 1.22. The van der Waals surface area contributed by atoms with Crippen LogP contribution in [-0.2, 0) is 14.3 Å². The van der Waals surface area contributed by atoms with Gasteiger partial charge in [0.15, 0.2) is 0 Å². The highest BCUT2D eigenvalue weighted by Crippen LogP contribution is 2.39. The molecular weight excluding hydrogens is 244 g/mol. The van der Waals surface area contributed by atoms with E-state index in [1.165, 1.54) is 18.6 Å². The molecular formula is C11H18O3S2. The van der Waals surface area contributed by atoms with Crippen molar-refractivity contribution in [1.82, 2.24) is 0 Å². The fraction of sp³-hybridized carbons (Fsp3) is 0.909. The van der Waals surface area contributed by atoms with Crippen LogP contribution in [0.1, 0.15) is 32.1 Å². The molecule has 0 bridgehead atoms. The zero-order valence-corrected chi connectivity index (χ0v) is 11.0. The van der Waals surface area contributed by atoms with Gasteiger partial charge in [-0.15, -0.1) is 0 Å². The molecule has 0 aromatic carbocycles. The molecule has 2 fully saturated rings. The summed E-state index contributed by atoms with van der Waals surface area (Å²) in [6, 6.07) is 0. The van der Waals surface area contributed by atoms with Crippen LogP contribution in [0.2, 0.25) is 0 Å². The monoisotopic (exact) mass is 262 g/mol. The summed E-state index contributed by atoms with van der Waals surface area (Å²) >= 11 is 0. The van der Waals surface area contributed by atoms with E-state index in [1.54, 1.807) is 0 Å². The molecule has 2 rings (SSSR count). The number of hydrogen-bond acceptors (Lipinski definition) is 5. The van der Waals surface area contributed by atoms with Crippen molar-refractivity contribution in [2.75, 3.05) is 19.0 Å². The van der Waals surface area contributed by atoms with Gasteiger partial charge in [0.2, 0.25) is 0 Å². The largest absolute Gasteiger partial charge is 0.463 e. The molecule has 0 radical (unpaired) electrons. The second-order valence-electron chi connectivity index (χ2n) is 4.21. The van der Waals surface area contributed by atoms with Crippen molar-refractivity contribution in [3.8, 4) is 0 Å². The molecule has 3 nitrogen and oxygen atoms in total. The molecule has 2 saturated heterocycles. The molecule has 16 heavy (non-hydrogen) atoms. The van der Waals surface area contributed by atoms with Crippen LogP contribution in [-0.4, -0.2) is 36.3 Å². The number of esters is 1. The van der Waals surface area contributed by atoms with Crippen molar-refractivity contribution in [3.05, 3.63) is 0 Å². The quantitative estimate of drug-likeness (QED) is 0.305. The second kappa shape index (κ2) is 6.77. The minimum atomic E-state index is -0.0658. The van der Waals surface area contributed by atoms with Gasteiger partial charge in [-0.2, -0.15) is 0 Å². The van der Waals surface area contributed by atoms with Crippen molar-refractivity contribution < 1.29 is 14.3 Å². The summed E-state index contributed by atoms with van der Waals surface area (Å²) in [5.41, 5.74) is 0. The molecule has 0 amide bonds. The Kier molecular flexibility index (Phi) is 5.32. The molecule has 2 atom stereocenters. The first-order valence-electron chi connectivity index (χ1n) is 5.90. The molecule has 0 N–H and O–H groups in total. The van der Waals surface area contributed by atoms with E-state index < -0.39 is 0 Å². The minimum absolute atomic E-state index is 0.0658. The summed E-state index contributed by atoms with van der Waals surface area (Å²) in [7, 11) is 3.98. The number of rotatable bonds is 7. The standard InChI is InChI=1S/C11H18O3S2/c12-11(14-8-9-7-13-9)4-2-1-3-10-5-6-15-16-10/h9-10H,1-8H2. The maximum absolute atomic E-state index is 11.3. The van der Waals surface area contributed by atoms with E-state index in [2.05, 4.69) is 0 Å². The summed E-state index contributed by atoms with van der Waals surface area (Å²) in [6.45, 7) is 1.21. The van der Waals surface area contributed by atoms with Gasteiger partial charge in [-0.1, -0.05) is 28.0 Å². The lowest BCUT2D eigenvalue weighted by Crippen LogP contribution is -2.09. The molecule has 0 aromatic heterocycles. The van der Waals surface area contributed by atoms with Crippen LogP contribution < -0.4 is 0 Å². The molecule has 2 heterocycles. The summed E-state index contributed by atoms with van der Waals surface area (Å²) in [6.07, 6.45) is 5.45. The van der Waals surface area contributed by atoms with E-state index in [0.717, 1.165) is 24.7 Å². The van der Waals surface area contributed by atoms with Gasteiger partial charge in [0.1, 0.15) is 12.7 Å². The Hall–Kier alpha value is 0.130. The maximum Gasteiger partial charge on any atom is 0.305 e. The molecule has 0 spiro atoms. The number of carbonyl (C=O) groups is 1. The van der Waals surface area contributed by atoms with E-state index >= 15 is 0 Å². The summed E-state index contributed by atoms with van der Waals surface area (Å²) in [4.78, 5) is 11.3. The zero-order valence-electron chi connectivity index (χ0n) is 9.35. The Morgan fingerprint density at radius 3 is 3.00 bits per heavy atom. The number of epoxide rings is 1. The lowest BCUT2D eigenvalue weighted by molar-refractivity contribution is -0.144. The van der Waals surface area contributed by atoms with Crippen molar-refractivity contribution in [2.24, 2.45) is 0 Å². The lowest BCUT2D eigenvalue weighted by atomic mass is 10.1. The molecule has 0 saturated carbocycles. The molecule has 92 valence electrons. The Bertz CT molecular complexity index is 225. The molecule has 0 aromatic rings. The summed E-state index contributed by atoms with van der Waals surface area (Å²) < 4.78 is 10.0. The first-order chi connectivity index (χ1) is 7.84. The molecule has 2 aliphatic heterocycles. The van der Waals surface area contributed by atoms with Gasteiger partial charge >= 0.3 is 5.97 Å². The number of hydrogen-bond donors (Lipinski definition) is 0. The van der Waals surface area contributed by atoms with E-state index in [4.69, 9.17) is 9.47 Å². The van der Waals surface area contributed by atoms with Crippen LogP contribution in [0.5, 0.6) is 0 Å². The fourth-order valence-electron chi connectivity index (χ4n) is 1.63. The molecule has 2 aliphatic rings. The maximum atomic E-state index is 11.3. The second-order valence-corrected chi connectivity index (χ2v) is 7.00. The van der Waals surface area contributed by atoms with Gasteiger partial charge < -0.3 is 9.47 Å². The van der Waals surface area contributed by atoms with E-state index in [0.29, 0.717) is 13.0 Å². The van der Waals surface area contributed by atoms with Crippen molar-refractivity contribution in [2.45, 2.75) is 43.5 Å². The Balaban J connectivity index is 1.42. The third kappa shape index (κ3) is 4.97. The molecule has 0 aliphatic carbocycles. The molecule has 2 unspecified atom stereocenters. The number of unbranched alkanes of at least 4 members (excludes halogenated alkanes) is 1. The van der Waals surface area contributed by atoms with Crippen molar-refractivity contribution in [3.63, 3.8) is 0 Å². The first-order valence-corrected chi connectivity index (χ1v) is 8.28. The van der Waals surface area contributed by atoms with Crippen LogP contribution in [0, 0.1) is 0 Å². The molecule has 5 heteroatoms. The van der Waals surface area contributed by atoms with Gasteiger partial charge in [-0.05, 0) is 19.3 Å². The average Bonchev–Trinajstić information content (AvgIpc) is 2.97. The van der Waals surface area contributed by atoms with Crippen molar-refractivity contribution in [1.29, 1.82) is 0 Å². The fourth-order valence-corrected chi connectivity index (χ4v) is 4.66. The third-order valence-electron chi connectivity index (χ3n) is 2.72. The van der Waals surface area contributed by atoms with Gasteiger partial charge in [-0.3, -0.25) is 4.79 Å². The Morgan fingerprint density at radius 2 is 2.31 bits per heavy atom. The van der Waals surface area contributed by atoms with Crippen LogP contribution in [0.15, 0.2) is 0 Å². The third-order valence-corrected chi connectivity index (χ3v) is 5.72. The highest BCUT2D eigenvalue weighted by molar-refractivity contribution is 8.77. The predicted octanol–water partition coefficient (Wildman–Crippen LogP) is 2.64. The number of carbonyl (C=O) groups excluding carboxylic acids is 1. The predicted molar refractivity (Wildman–Crippen MR) is 67.6 cm³/mol. The van der Waals surface area contributed by atoms with Gasteiger partial charge in [0.05, 0.1) is 6.61 Å². The Labute approximate surface area is 104 Å². The van der Waals surface area contributed by atoms with E-state index in [-0.39, 0.29) is 12.1 Å². The van der Waals surface area contributed by atoms with Crippen LogP contribution in [0.25, 0.3) is 0 Å².